The molecule has 3 heterocycles. The number of halogens is 1. The molecule has 5 nitrogen and oxygen atoms in total. The predicted molar refractivity (Wildman–Crippen MR) is 116 cm³/mol. The zero-order valence-corrected chi connectivity index (χ0v) is 18.1. The quantitative estimate of drug-likeness (QED) is 0.759. The molecule has 2 fully saturated rings. The molecule has 4 rings (SSSR count). The van der Waals surface area contributed by atoms with Crippen LogP contribution >= 0.6 is 22.9 Å². The zero-order chi connectivity index (χ0) is 19.7. The van der Waals surface area contributed by atoms with Crippen LogP contribution in [0.1, 0.15) is 33.2 Å². The van der Waals surface area contributed by atoms with Crippen molar-refractivity contribution in [2.45, 2.75) is 32.7 Å². The molecule has 150 valence electrons. The van der Waals surface area contributed by atoms with Crippen LogP contribution in [0.3, 0.4) is 0 Å². The fourth-order valence-corrected chi connectivity index (χ4v) is 5.40. The highest BCUT2D eigenvalue weighted by molar-refractivity contribution is 7.13. The molecule has 1 aromatic carbocycles. The van der Waals surface area contributed by atoms with Gasteiger partial charge in [0.25, 0.3) is 5.91 Å². The fraction of sp³-hybridized carbons (Fsp3) is 0.524. The molecule has 0 spiro atoms. The Balaban J connectivity index is 1.36. The van der Waals surface area contributed by atoms with Crippen molar-refractivity contribution in [3.8, 4) is 0 Å². The number of hydrogen-bond acceptors (Lipinski definition) is 5. The number of amides is 1. The van der Waals surface area contributed by atoms with Crippen molar-refractivity contribution in [2.24, 2.45) is 0 Å². The lowest BCUT2D eigenvalue weighted by Crippen LogP contribution is -2.55. The second-order valence-corrected chi connectivity index (χ2v) is 9.34. The van der Waals surface area contributed by atoms with Gasteiger partial charge in [-0.3, -0.25) is 9.69 Å². The van der Waals surface area contributed by atoms with Gasteiger partial charge in [-0.2, -0.15) is 0 Å². The van der Waals surface area contributed by atoms with Gasteiger partial charge in [-0.15, -0.1) is 11.3 Å². The molecule has 2 saturated heterocycles. The van der Waals surface area contributed by atoms with E-state index in [0.29, 0.717) is 6.04 Å². The molecule has 0 unspecified atom stereocenters. The summed E-state index contributed by atoms with van der Waals surface area (Å²) in [4.78, 5) is 25.2. The van der Waals surface area contributed by atoms with Crippen molar-refractivity contribution in [3.05, 3.63) is 44.9 Å². The van der Waals surface area contributed by atoms with Crippen LogP contribution in [0.5, 0.6) is 0 Å². The van der Waals surface area contributed by atoms with Crippen molar-refractivity contribution in [2.75, 3.05) is 44.2 Å². The molecule has 2 aliphatic heterocycles. The van der Waals surface area contributed by atoms with Gasteiger partial charge in [0.05, 0.1) is 10.7 Å². The van der Waals surface area contributed by atoms with Crippen LogP contribution < -0.4 is 4.90 Å². The van der Waals surface area contributed by atoms with E-state index in [2.05, 4.69) is 20.9 Å². The standard InChI is InChI=1S/C21H27ClN4OS/c1-15-20(28-16(2)23-15)21(27)26-8-4-7-19(14-26)25-11-9-24(10-12-25)18-6-3-5-17(22)13-18/h3,5-6,13,19H,4,7-12,14H2,1-2H3/t19-/m0/s1. The summed E-state index contributed by atoms with van der Waals surface area (Å²) >= 11 is 7.66. The van der Waals surface area contributed by atoms with Crippen molar-refractivity contribution in [1.29, 1.82) is 0 Å². The Bertz CT molecular complexity index is 847. The van der Waals surface area contributed by atoms with E-state index in [1.165, 1.54) is 23.4 Å². The first-order chi connectivity index (χ1) is 13.5. The number of carbonyl (C=O) groups is 1. The highest BCUT2D eigenvalue weighted by Gasteiger charge is 2.31. The van der Waals surface area contributed by atoms with E-state index in [4.69, 9.17) is 11.6 Å². The summed E-state index contributed by atoms with van der Waals surface area (Å²) in [6.45, 7) is 9.63. The lowest BCUT2D eigenvalue weighted by Gasteiger charge is -2.44. The molecule has 0 aliphatic carbocycles. The van der Waals surface area contributed by atoms with Crippen LogP contribution in [0.2, 0.25) is 5.02 Å². The molecule has 0 bridgehead atoms. The second-order valence-electron chi connectivity index (χ2n) is 7.70. The third kappa shape index (κ3) is 4.19. The molecule has 2 aromatic rings. The minimum Gasteiger partial charge on any atom is -0.369 e. The number of aryl methyl sites for hydroxylation is 2. The van der Waals surface area contributed by atoms with Gasteiger partial charge in [-0.1, -0.05) is 17.7 Å². The summed E-state index contributed by atoms with van der Waals surface area (Å²) in [6.07, 6.45) is 2.24. The molecular weight excluding hydrogens is 392 g/mol. The number of hydrogen-bond donors (Lipinski definition) is 0. The maximum absolute atomic E-state index is 13.0. The van der Waals surface area contributed by atoms with Gasteiger partial charge in [0, 0.05) is 56.0 Å². The normalized spacial score (nSPS) is 21.2. The Morgan fingerprint density at radius 2 is 1.96 bits per heavy atom. The molecule has 28 heavy (non-hydrogen) atoms. The molecule has 1 atom stereocenters. The van der Waals surface area contributed by atoms with Crippen molar-refractivity contribution >= 4 is 34.5 Å². The number of piperidine rings is 1. The van der Waals surface area contributed by atoms with Crippen LogP contribution in [0.15, 0.2) is 24.3 Å². The van der Waals surface area contributed by atoms with Gasteiger partial charge in [0.2, 0.25) is 0 Å². The van der Waals surface area contributed by atoms with E-state index in [1.54, 1.807) is 0 Å². The molecule has 1 aromatic heterocycles. The van der Waals surface area contributed by atoms with E-state index in [-0.39, 0.29) is 5.91 Å². The SMILES string of the molecule is Cc1nc(C)c(C(=O)N2CCC[C@H](N3CCN(c4cccc(Cl)c4)CC3)C2)s1. The number of likely N-dealkylation sites (tertiary alicyclic amines) is 1. The third-order valence-electron chi connectivity index (χ3n) is 5.79. The fourth-order valence-electron chi connectivity index (χ4n) is 4.33. The minimum absolute atomic E-state index is 0.158. The Labute approximate surface area is 175 Å². The van der Waals surface area contributed by atoms with Gasteiger partial charge >= 0.3 is 0 Å². The van der Waals surface area contributed by atoms with Crippen LogP contribution in [0.25, 0.3) is 0 Å². The topological polar surface area (TPSA) is 39.7 Å². The van der Waals surface area contributed by atoms with Crippen LogP contribution in [0, 0.1) is 13.8 Å². The maximum Gasteiger partial charge on any atom is 0.265 e. The molecule has 0 saturated carbocycles. The number of aromatic nitrogens is 1. The van der Waals surface area contributed by atoms with Crippen molar-refractivity contribution < 1.29 is 4.79 Å². The first kappa shape index (κ1) is 19.7. The smallest absolute Gasteiger partial charge is 0.265 e. The lowest BCUT2D eigenvalue weighted by atomic mass is 10.0. The first-order valence-electron chi connectivity index (χ1n) is 9.99. The number of anilines is 1. The minimum atomic E-state index is 0.158. The van der Waals surface area contributed by atoms with E-state index in [0.717, 1.165) is 66.3 Å². The van der Waals surface area contributed by atoms with E-state index < -0.39 is 0 Å². The number of thiazole rings is 1. The monoisotopic (exact) mass is 418 g/mol. The number of piperazine rings is 1. The molecule has 7 heteroatoms. The van der Waals surface area contributed by atoms with Crippen LogP contribution in [-0.4, -0.2) is 66.0 Å². The van der Waals surface area contributed by atoms with Crippen molar-refractivity contribution in [1.82, 2.24) is 14.8 Å². The maximum atomic E-state index is 13.0. The highest BCUT2D eigenvalue weighted by Crippen LogP contribution is 2.25. The second kappa shape index (κ2) is 8.39. The summed E-state index contributed by atoms with van der Waals surface area (Å²) in [7, 11) is 0. The molecule has 0 radical (unpaired) electrons. The van der Waals surface area contributed by atoms with Gasteiger partial charge in [-0.05, 0) is 44.9 Å². The highest BCUT2D eigenvalue weighted by atomic mass is 35.5. The van der Waals surface area contributed by atoms with Gasteiger partial charge in [0.1, 0.15) is 4.88 Å². The van der Waals surface area contributed by atoms with Gasteiger partial charge < -0.3 is 9.80 Å². The molecular formula is C21H27ClN4OS. The Kier molecular flexibility index (Phi) is 5.90. The lowest BCUT2D eigenvalue weighted by molar-refractivity contribution is 0.0567. The number of benzene rings is 1. The third-order valence-corrected chi connectivity index (χ3v) is 7.08. The molecule has 1 amide bonds. The van der Waals surface area contributed by atoms with Gasteiger partial charge in [0.15, 0.2) is 0 Å². The molecule has 0 N–H and O–H groups in total. The van der Waals surface area contributed by atoms with E-state index in [1.807, 2.05) is 36.9 Å². The van der Waals surface area contributed by atoms with Crippen molar-refractivity contribution in [3.63, 3.8) is 0 Å². The number of rotatable bonds is 3. The average molecular weight is 419 g/mol. The summed E-state index contributed by atoms with van der Waals surface area (Å²) in [5.41, 5.74) is 2.06. The van der Waals surface area contributed by atoms with Crippen LogP contribution in [0.4, 0.5) is 5.69 Å². The Morgan fingerprint density at radius 1 is 1.18 bits per heavy atom. The molecule has 2 aliphatic rings. The summed E-state index contributed by atoms with van der Waals surface area (Å²) in [5.74, 6) is 0.158. The number of nitrogens with zero attached hydrogens (tertiary/aromatic N) is 4. The van der Waals surface area contributed by atoms with Gasteiger partial charge in [-0.25, -0.2) is 4.98 Å². The summed E-state index contributed by atoms with van der Waals surface area (Å²) < 4.78 is 0. The van der Waals surface area contributed by atoms with E-state index >= 15 is 0 Å². The van der Waals surface area contributed by atoms with Crippen LogP contribution in [-0.2, 0) is 0 Å². The Hall–Kier alpha value is -1.63. The average Bonchev–Trinajstić information content (AvgIpc) is 3.05. The number of carbonyl (C=O) groups excluding carboxylic acids is 1. The summed E-state index contributed by atoms with van der Waals surface area (Å²) in [6, 6.07) is 8.55. The zero-order valence-electron chi connectivity index (χ0n) is 16.5. The Morgan fingerprint density at radius 3 is 2.64 bits per heavy atom. The summed E-state index contributed by atoms with van der Waals surface area (Å²) in [5, 5.41) is 1.75. The largest absolute Gasteiger partial charge is 0.369 e. The first-order valence-corrected chi connectivity index (χ1v) is 11.2. The van der Waals surface area contributed by atoms with E-state index in [9.17, 15) is 4.79 Å². The predicted octanol–water partition coefficient (Wildman–Crippen LogP) is 3.84.